The van der Waals surface area contributed by atoms with Gasteiger partial charge in [-0.3, -0.25) is 9.36 Å². The van der Waals surface area contributed by atoms with Gasteiger partial charge in [0.2, 0.25) is 5.95 Å². The third-order valence-electron chi connectivity index (χ3n) is 5.51. The smallest absolute Gasteiger partial charge is 0.232 e. The molecule has 5 rings (SSSR count). The second-order valence-corrected chi connectivity index (χ2v) is 8.63. The molecule has 0 aliphatic carbocycles. The zero-order valence-electron chi connectivity index (χ0n) is 17.4. The number of nitrogens with zero attached hydrogens (tertiary/aromatic N) is 4. The molecule has 1 saturated heterocycles. The fourth-order valence-corrected chi connectivity index (χ4v) is 4.73. The largest absolute Gasteiger partial charge is 0.493 e. The van der Waals surface area contributed by atoms with E-state index in [0.29, 0.717) is 36.3 Å². The summed E-state index contributed by atoms with van der Waals surface area (Å²) < 4.78 is 13.1. The number of Topliss-reactive ketones (excluding diaryl/α,β-unsaturated/α-hetero) is 1. The number of thioether (sulfide) groups is 1. The van der Waals surface area contributed by atoms with Crippen LogP contribution in [0.25, 0.3) is 5.69 Å². The molecule has 2 aliphatic rings. The van der Waals surface area contributed by atoms with Gasteiger partial charge < -0.3 is 14.4 Å². The fraction of sp³-hybridized carbons (Fsp3) is 0.348. The molecule has 0 bridgehead atoms. The summed E-state index contributed by atoms with van der Waals surface area (Å²) in [5.41, 5.74) is 3.97. The number of ketones is 1. The van der Waals surface area contributed by atoms with Crippen LogP contribution in [0.5, 0.6) is 5.75 Å². The Kier molecular flexibility index (Phi) is 5.65. The van der Waals surface area contributed by atoms with Gasteiger partial charge >= 0.3 is 0 Å². The van der Waals surface area contributed by atoms with Crippen molar-refractivity contribution in [2.75, 3.05) is 43.6 Å². The molecule has 3 heterocycles. The second-order valence-electron chi connectivity index (χ2n) is 7.69. The van der Waals surface area contributed by atoms with E-state index in [-0.39, 0.29) is 5.78 Å². The number of aromatic nitrogens is 3. The van der Waals surface area contributed by atoms with E-state index in [1.807, 2.05) is 34.9 Å². The Morgan fingerprint density at radius 1 is 1.10 bits per heavy atom. The van der Waals surface area contributed by atoms with E-state index < -0.39 is 0 Å². The van der Waals surface area contributed by atoms with E-state index in [1.165, 1.54) is 11.8 Å². The van der Waals surface area contributed by atoms with Gasteiger partial charge in [0.15, 0.2) is 10.9 Å². The lowest BCUT2D eigenvalue weighted by atomic mass is 10.1. The first kappa shape index (κ1) is 20.1. The first-order chi connectivity index (χ1) is 15.2. The van der Waals surface area contributed by atoms with Crippen molar-refractivity contribution >= 4 is 23.5 Å². The van der Waals surface area contributed by atoms with E-state index in [4.69, 9.17) is 9.47 Å². The summed E-state index contributed by atoms with van der Waals surface area (Å²) in [5.74, 6) is 2.05. The predicted molar refractivity (Wildman–Crippen MR) is 120 cm³/mol. The lowest BCUT2D eigenvalue weighted by Gasteiger charge is -2.28. The summed E-state index contributed by atoms with van der Waals surface area (Å²) in [6, 6.07) is 13.9. The zero-order valence-corrected chi connectivity index (χ0v) is 18.2. The van der Waals surface area contributed by atoms with Gasteiger partial charge in [0, 0.05) is 25.1 Å². The van der Waals surface area contributed by atoms with Crippen LogP contribution in [-0.2, 0) is 11.2 Å². The Balaban J connectivity index is 1.40. The van der Waals surface area contributed by atoms with E-state index in [1.54, 1.807) is 0 Å². The van der Waals surface area contributed by atoms with Crippen molar-refractivity contribution in [3.8, 4) is 11.4 Å². The molecule has 31 heavy (non-hydrogen) atoms. The molecule has 0 N–H and O–H groups in total. The third kappa shape index (κ3) is 4.18. The Hall–Kier alpha value is -2.84. The number of carbonyl (C=O) groups excluding carboxylic acids is 1. The van der Waals surface area contributed by atoms with E-state index in [0.717, 1.165) is 48.0 Å². The van der Waals surface area contributed by atoms with Gasteiger partial charge in [-0.05, 0) is 48.4 Å². The molecule has 1 fully saturated rings. The topological polar surface area (TPSA) is 69.5 Å². The van der Waals surface area contributed by atoms with Crippen LogP contribution >= 0.6 is 11.8 Å². The third-order valence-corrected chi connectivity index (χ3v) is 6.44. The number of aryl methyl sites for hydroxylation is 1. The molecule has 0 amide bonds. The van der Waals surface area contributed by atoms with Gasteiger partial charge in [0.1, 0.15) is 5.75 Å². The Labute approximate surface area is 185 Å². The number of anilines is 1. The van der Waals surface area contributed by atoms with Gasteiger partial charge in [-0.15, -0.1) is 10.2 Å². The highest BCUT2D eigenvalue weighted by Gasteiger charge is 2.23. The molecule has 2 aromatic carbocycles. The minimum absolute atomic E-state index is 0.0754. The number of benzene rings is 2. The van der Waals surface area contributed by atoms with Crippen molar-refractivity contribution in [1.29, 1.82) is 0 Å². The fourth-order valence-electron chi connectivity index (χ4n) is 3.89. The highest BCUT2D eigenvalue weighted by molar-refractivity contribution is 7.99. The van der Waals surface area contributed by atoms with Gasteiger partial charge in [-0.1, -0.05) is 23.9 Å². The zero-order chi connectivity index (χ0) is 21.2. The van der Waals surface area contributed by atoms with Gasteiger partial charge in [-0.25, -0.2) is 0 Å². The van der Waals surface area contributed by atoms with Crippen molar-refractivity contribution in [2.45, 2.75) is 18.5 Å². The summed E-state index contributed by atoms with van der Waals surface area (Å²) in [5, 5.41) is 9.63. The molecule has 0 atom stereocenters. The summed E-state index contributed by atoms with van der Waals surface area (Å²) in [7, 11) is 0. The lowest BCUT2D eigenvalue weighted by Crippen LogP contribution is -2.37. The molecular weight excluding hydrogens is 412 g/mol. The number of ether oxygens (including phenoxy) is 2. The maximum atomic E-state index is 12.9. The van der Waals surface area contributed by atoms with Crippen molar-refractivity contribution < 1.29 is 14.3 Å². The van der Waals surface area contributed by atoms with Crippen molar-refractivity contribution in [1.82, 2.24) is 14.8 Å². The van der Waals surface area contributed by atoms with Crippen LogP contribution in [0.3, 0.4) is 0 Å². The molecule has 160 valence electrons. The number of hydrogen-bond acceptors (Lipinski definition) is 7. The molecule has 0 radical (unpaired) electrons. The Bertz CT molecular complexity index is 1110. The first-order valence-corrected chi connectivity index (χ1v) is 11.4. The first-order valence-electron chi connectivity index (χ1n) is 10.5. The maximum Gasteiger partial charge on any atom is 0.232 e. The lowest BCUT2D eigenvalue weighted by molar-refractivity contribution is 0.102. The second kappa shape index (κ2) is 8.72. The highest BCUT2D eigenvalue weighted by atomic mass is 32.2. The maximum absolute atomic E-state index is 12.9. The number of hydrogen-bond donors (Lipinski definition) is 0. The summed E-state index contributed by atoms with van der Waals surface area (Å²) >= 11 is 1.42. The Morgan fingerprint density at radius 2 is 1.97 bits per heavy atom. The van der Waals surface area contributed by atoms with Crippen molar-refractivity contribution in [3.63, 3.8) is 0 Å². The van der Waals surface area contributed by atoms with E-state index in [2.05, 4.69) is 34.2 Å². The number of fused-ring (bicyclic) bond motifs is 1. The molecule has 8 heteroatoms. The van der Waals surface area contributed by atoms with Crippen molar-refractivity contribution in [3.05, 3.63) is 59.2 Å². The van der Waals surface area contributed by atoms with Gasteiger partial charge in [0.25, 0.3) is 0 Å². The Morgan fingerprint density at radius 3 is 2.81 bits per heavy atom. The number of rotatable bonds is 6. The van der Waals surface area contributed by atoms with E-state index in [9.17, 15) is 4.79 Å². The van der Waals surface area contributed by atoms with Crippen LogP contribution in [0.1, 0.15) is 21.5 Å². The molecule has 2 aliphatic heterocycles. The van der Waals surface area contributed by atoms with E-state index >= 15 is 0 Å². The standard InChI is InChI=1S/C23H24N4O3S/c1-16-3-2-4-19(13-16)27-22(26-8-11-29-12-9-26)24-25-23(27)31-15-20(28)17-5-6-21-18(14-17)7-10-30-21/h2-6,13-14H,7-12,15H2,1H3. The van der Waals surface area contributed by atoms with Crippen LogP contribution < -0.4 is 9.64 Å². The monoisotopic (exact) mass is 436 g/mol. The van der Waals surface area contributed by atoms with Crippen molar-refractivity contribution in [2.24, 2.45) is 0 Å². The average Bonchev–Trinajstić information content (AvgIpc) is 3.44. The molecule has 1 aromatic heterocycles. The summed E-state index contributed by atoms with van der Waals surface area (Å²) in [6.07, 6.45) is 0.855. The molecule has 7 nitrogen and oxygen atoms in total. The number of carbonyl (C=O) groups is 1. The molecular formula is C23H24N4O3S. The highest BCUT2D eigenvalue weighted by Crippen LogP contribution is 2.30. The quantitative estimate of drug-likeness (QED) is 0.434. The van der Waals surface area contributed by atoms with Gasteiger partial charge in [-0.2, -0.15) is 0 Å². The summed E-state index contributed by atoms with van der Waals surface area (Å²) in [4.78, 5) is 15.1. The van der Waals surface area contributed by atoms with Crippen LogP contribution in [0, 0.1) is 6.92 Å². The molecule has 0 saturated carbocycles. The minimum Gasteiger partial charge on any atom is -0.493 e. The normalized spacial score (nSPS) is 15.6. The van der Waals surface area contributed by atoms with Crippen LogP contribution in [-0.4, -0.2) is 59.2 Å². The van der Waals surface area contributed by atoms with Crippen LogP contribution in [0.15, 0.2) is 47.6 Å². The number of morpholine rings is 1. The summed E-state index contributed by atoms with van der Waals surface area (Å²) in [6.45, 7) is 5.63. The molecule has 3 aromatic rings. The van der Waals surface area contributed by atoms with Crippen LogP contribution in [0.4, 0.5) is 5.95 Å². The minimum atomic E-state index is 0.0754. The van der Waals surface area contributed by atoms with Gasteiger partial charge in [0.05, 0.1) is 31.3 Å². The molecule has 0 unspecified atom stereocenters. The average molecular weight is 437 g/mol. The SMILES string of the molecule is Cc1cccc(-n2c(SCC(=O)c3ccc4c(c3)CCO4)nnc2N2CCOCC2)c1. The van der Waals surface area contributed by atoms with Crippen LogP contribution in [0.2, 0.25) is 0 Å². The predicted octanol–water partition coefficient (Wildman–Crippen LogP) is 3.32. The molecule has 0 spiro atoms.